The summed E-state index contributed by atoms with van der Waals surface area (Å²) in [5.41, 5.74) is 5.46. The van der Waals surface area contributed by atoms with Crippen LogP contribution in [0.1, 0.15) is 13.3 Å². The molecule has 46 valence electrons. The number of ketones is 1. The molecule has 0 aliphatic carbocycles. The van der Waals surface area contributed by atoms with E-state index in [1.807, 2.05) is 6.92 Å². The van der Waals surface area contributed by atoms with Gasteiger partial charge in [-0.05, 0) is 6.92 Å². The Kier molecular flexibility index (Phi) is 1.58. The van der Waals surface area contributed by atoms with Crippen molar-refractivity contribution < 1.29 is 4.79 Å². The minimum absolute atomic E-state index is 0.0671. The molecule has 0 bridgehead atoms. The lowest BCUT2D eigenvalue weighted by molar-refractivity contribution is -0.117. The van der Waals surface area contributed by atoms with E-state index in [1.165, 1.54) is 0 Å². The van der Waals surface area contributed by atoms with Gasteiger partial charge in [0.2, 0.25) is 0 Å². The standard InChI is InChI=1S/C5H9NOS/c1-3-4(7)2-5(6)8-3/h3,5H,2,6H2,1H3. The van der Waals surface area contributed by atoms with Crippen LogP contribution in [0.5, 0.6) is 0 Å². The fraction of sp³-hybridized carbons (Fsp3) is 0.800. The van der Waals surface area contributed by atoms with Gasteiger partial charge in [-0.2, -0.15) is 0 Å². The number of thioether (sulfide) groups is 1. The van der Waals surface area contributed by atoms with Crippen LogP contribution in [0.4, 0.5) is 0 Å². The van der Waals surface area contributed by atoms with Crippen LogP contribution < -0.4 is 5.73 Å². The summed E-state index contributed by atoms with van der Waals surface area (Å²) in [6.45, 7) is 1.90. The summed E-state index contributed by atoms with van der Waals surface area (Å²) < 4.78 is 0. The summed E-state index contributed by atoms with van der Waals surface area (Å²) in [7, 11) is 0. The third-order valence-electron chi connectivity index (χ3n) is 1.23. The summed E-state index contributed by atoms with van der Waals surface area (Å²) in [6, 6.07) is 0. The van der Waals surface area contributed by atoms with E-state index in [9.17, 15) is 4.79 Å². The molecule has 0 spiro atoms. The van der Waals surface area contributed by atoms with Gasteiger partial charge in [0.05, 0.1) is 10.6 Å². The molecule has 1 aliphatic heterocycles. The molecule has 0 aromatic carbocycles. The Balaban J connectivity index is 2.51. The van der Waals surface area contributed by atoms with Crippen LogP contribution in [0.15, 0.2) is 0 Å². The number of Topliss-reactive ketones (excluding diaryl/α,β-unsaturated/α-hetero) is 1. The zero-order valence-electron chi connectivity index (χ0n) is 4.76. The van der Waals surface area contributed by atoms with E-state index in [-0.39, 0.29) is 10.6 Å². The van der Waals surface area contributed by atoms with Crippen molar-refractivity contribution in [2.24, 2.45) is 5.73 Å². The Morgan fingerprint density at radius 1 is 1.88 bits per heavy atom. The third-order valence-corrected chi connectivity index (χ3v) is 2.42. The first kappa shape index (κ1) is 6.11. The highest BCUT2D eigenvalue weighted by atomic mass is 32.2. The van der Waals surface area contributed by atoms with Crippen LogP contribution in [-0.4, -0.2) is 16.4 Å². The minimum Gasteiger partial charge on any atom is -0.319 e. The van der Waals surface area contributed by atoms with Crippen molar-refractivity contribution in [3.8, 4) is 0 Å². The van der Waals surface area contributed by atoms with Crippen molar-refractivity contribution >= 4 is 17.5 Å². The van der Waals surface area contributed by atoms with E-state index in [4.69, 9.17) is 5.73 Å². The Bertz CT molecular complexity index is 115. The average Bonchev–Trinajstić information content (AvgIpc) is 1.85. The molecule has 1 heterocycles. The first-order valence-electron chi connectivity index (χ1n) is 2.64. The Morgan fingerprint density at radius 3 is 2.62 bits per heavy atom. The molecule has 0 aromatic rings. The topological polar surface area (TPSA) is 43.1 Å². The molecule has 1 rings (SSSR count). The number of carbonyl (C=O) groups is 1. The van der Waals surface area contributed by atoms with E-state index >= 15 is 0 Å². The second-order valence-corrected chi connectivity index (χ2v) is 3.57. The quantitative estimate of drug-likeness (QED) is 0.516. The van der Waals surface area contributed by atoms with Gasteiger partial charge in [-0.25, -0.2) is 0 Å². The summed E-state index contributed by atoms with van der Waals surface area (Å²) in [5, 5.41) is 0.211. The maximum atomic E-state index is 10.7. The van der Waals surface area contributed by atoms with Gasteiger partial charge in [0.25, 0.3) is 0 Å². The van der Waals surface area contributed by atoms with Gasteiger partial charge in [-0.3, -0.25) is 4.79 Å². The molecular formula is C5H9NOS. The van der Waals surface area contributed by atoms with E-state index in [1.54, 1.807) is 11.8 Å². The molecule has 8 heavy (non-hydrogen) atoms. The highest BCUT2D eigenvalue weighted by Gasteiger charge is 2.26. The van der Waals surface area contributed by atoms with Gasteiger partial charge >= 0.3 is 0 Å². The maximum absolute atomic E-state index is 10.7. The fourth-order valence-electron chi connectivity index (χ4n) is 0.750. The minimum atomic E-state index is 0.0671. The predicted molar refractivity (Wildman–Crippen MR) is 34.7 cm³/mol. The van der Waals surface area contributed by atoms with E-state index in [0.29, 0.717) is 12.2 Å². The normalized spacial score (nSPS) is 38.5. The molecule has 1 saturated heterocycles. The second kappa shape index (κ2) is 2.07. The van der Waals surface area contributed by atoms with Gasteiger partial charge in [0.15, 0.2) is 0 Å². The van der Waals surface area contributed by atoms with Crippen LogP contribution in [0, 0.1) is 0 Å². The molecule has 2 unspecified atom stereocenters. The summed E-state index contributed by atoms with van der Waals surface area (Å²) in [4.78, 5) is 10.7. The van der Waals surface area contributed by atoms with Crippen molar-refractivity contribution in [1.82, 2.24) is 0 Å². The number of carbonyl (C=O) groups excluding carboxylic acids is 1. The third kappa shape index (κ3) is 1.03. The molecule has 0 saturated carbocycles. The number of rotatable bonds is 0. The molecule has 0 amide bonds. The molecule has 3 heteroatoms. The van der Waals surface area contributed by atoms with E-state index in [0.717, 1.165) is 0 Å². The van der Waals surface area contributed by atoms with E-state index in [2.05, 4.69) is 0 Å². The Morgan fingerprint density at radius 2 is 2.50 bits per heavy atom. The summed E-state index contributed by atoms with van der Waals surface area (Å²) >= 11 is 1.56. The SMILES string of the molecule is CC1SC(N)CC1=O. The smallest absolute Gasteiger partial charge is 0.148 e. The van der Waals surface area contributed by atoms with Crippen molar-refractivity contribution in [2.45, 2.75) is 24.0 Å². The van der Waals surface area contributed by atoms with Crippen molar-refractivity contribution in [3.05, 3.63) is 0 Å². The number of nitrogens with two attached hydrogens (primary N) is 1. The van der Waals surface area contributed by atoms with Crippen LogP contribution in [0.25, 0.3) is 0 Å². The highest BCUT2D eigenvalue weighted by molar-refractivity contribution is 8.01. The van der Waals surface area contributed by atoms with E-state index < -0.39 is 0 Å². The van der Waals surface area contributed by atoms with Crippen LogP contribution in [0.3, 0.4) is 0 Å². The fourth-order valence-corrected chi connectivity index (χ4v) is 1.78. The monoisotopic (exact) mass is 131 g/mol. The zero-order valence-corrected chi connectivity index (χ0v) is 5.57. The molecule has 2 nitrogen and oxygen atoms in total. The molecule has 1 fully saturated rings. The van der Waals surface area contributed by atoms with Gasteiger partial charge in [-0.15, -0.1) is 11.8 Å². The molecule has 1 aliphatic rings. The molecular weight excluding hydrogens is 122 g/mol. The average molecular weight is 131 g/mol. The van der Waals surface area contributed by atoms with Crippen molar-refractivity contribution in [2.75, 3.05) is 0 Å². The van der Waals surface area contributed by atoms with Crippen molar-refractivity contribution in [3.63, 3.8) is 0 Å². The van der Waals surface area contributed by atoms with Crippen LogP contribution in [-0.2, 0) is 4.79 Å². The molecule has 0 radical (unpaired) electrons. The Hall–Kier alpha value is -0.0200. The van der Waals surface area contributed by atoms with Gasteiger partial charge in [-0.1, -0.05) is 0 Å². The molecule has 0 aromatic heterocycles. The largest absolute Gasteiger partial charge is 0.319 e. The summed E-state index contributed by atoms with van der Waals surface area (Å²) in [5.74, 6) is 0.294. The van der Waals surface area contributed by atoms with Crippen LogP contribution >= 0.6 is 11.8 Å². The first-order chi connectivity index (χ1) is 3.70. The number of hydrogen-bond acceptors (Lipinski definition) is 3. The second-order valence-electron chi connectivity index (χ2n) is 1.99. The maximum Gasteiger partial charge on any atom is 0.148 e. The first-order valence-corrected chi connectivity index (χ1v) is 3.58. The Labute approximate surface area is 52.8 Å². The van der Waals surface area contributed by atoms with Crippen molar-refractivity contribution in [1.29, 1.82) is 0 Å². The lowest BCUT2D eigenvalue weighted by Gasteiger charge is -1.95. The zero-order chi connectivity index (χ0) is 6.15. The number of hydrogen-bond donors (Lipinski definition) is 1. The van der Waals surface area contributed by atoms with Gasteiger partial charge in [0.1, 0.15) is 5.78 Å². The predicted octanol–water partition coefficient (Wildman–Crippen LogP) is 0.366. The van der Waals surface area contributed by atoms with Gasteiger partial charge in [0, 0.05) is 6.42 Å². The van der Waals surface area contributed by atoms with Crippen LogP contribution in [0.2, 0.25) is 0 Å². The summed E-state index contributed by atoms with van der Waals surface area (Å²) in [6.07, 6.45) is 0.561. The lowest BCUT2D eigenvalue weighted by atomic mass is 10.2. The molecule has 2 atom stereocenters. The lowest BCUT2D eigenvalue weighted by Crippen LogP contribution is -2.11. The van der Waals surface area contributed by atoms with Gasteiger partial charge < -0.3 is 5.73 Å². The molecule has 2 N–H and O–H groups in total. The highest BCUT2D eigenvalue weighted by Crippen LogP contribution is 2.26.